The number of hydrogen-bond acceptors (Lipinski definition) is 6. The molecule has 2 saturated heterocycles. The monoisotopic (exact) mass is 652 g/mol. The third-order valence-corrected chi connectivity index (χ3v) is 7.51. The summed E-state index contributed by atoms with van der Waals surface area (Å²) in [6.45, 7) is 23.0. The summed E-state index contributed by atoms with van der Waals surface area (Å²) in [7, 11) is 0. The largest absolute Gasteiger partial charge is 0.547 e. The average Bonchev–Trinajstić information content (AvgIpc) is 3.56. The van der Waals surface area contributed by atoms with Gasteiger partial charge in [0, 0.05) is 53.6 Å². The van der Waals surface area contributed by atoms with Crippen LogP contribution < -0.4 is 10.2 Å². The van der Waals surface area contributed by atoms with E-state index in [0.29, 0.717) is 26.1 Å². The van der Waals surface area contributed by atoms with E-state index in [1.165, 1.54) is 33.4 Å². The van der Waals surface area contributed by atoms with Crippen molar-refractivity contribution in [3.63, 3.8) is 0 Å². The predicted octanol–water partition coefficient (Wildman–Crippen LogP) is 4.05. The molecular weight excluding hydrogens is 607 g/mol. The SMILES string of the molecule is CC1=[C-]C(C)(C)C(C)=C1C.CC1=[C-]C(C)(C)C(C)=C1C.O=C([O-])C1CCCO1.O=C([O-])C1CCCO1.[Sm]. The molecule has 0 spiro atoms. The number of aliphatic carboxylic acids is 2. The maximum absolute atomic E-state index is 9.97. The summed E-state index contributed by atoms with van der Waals surface area (Å²) in [5.74, 6) is -2.16. The van der Waals surface area contributed by atoms with E-state index in [4.69, 9.17) is 9.47 Å². The van der Waals surface area contributed by atoms with Gasteiger partial charge in [-0.1, -0.05) is 66.2 Å². The average molecular weight is 651 g/mol. The Kier molecular flexibility index (Phi) is 15.3. The summed E-state index contributed by atoms with van der Waals surface area (Å²) < 4.78 is 9.50. The van der Waals surface area contributed by atoms with Crippen LogP contribution in [0.5, 0.6) is 0 Å². The second-order valence-electron chi connectivity index (χ2n) is 10.9. The molecule has 0 amide bonds. The van der Waals surface area contributed by atoms with E-state index < -0.39 is 24.1 Å². The van der Waals surface area contributed by atoms with Gasteiger partial charge in [-0.05, 0) is 25.7 Å². The van der Waals surface area contributed by atoms with E-state index in [2.05, 4.69) is 81.4 Å². The van der Waals surface area contributed by atoms with Crippen LogP contribution in [0.25, 0.3) is 0 Å². The van der Waals surface area contributed by atoms with Crippen molar-refractivity contribution in [1.29, 1.82) is 0 Å². The van der Waals surface area contributed by atoms with Gasteiger partial charge in [0.2, 0.25) is 0 Å². The minimum absolute atomic E-state index is 0. The van der Waals surface area contributed by atoms with Gasteiger partial charge >= 0.3 is 0 Å². The first-order valence-corrected chi connectivity index (χ1v) is 12.8. The van der Waals surface area contributed by atoms with Gasteiger partial charge in [0.15, 0.2) is 0 Å². The third-order valence-electron chi connectivity index (χ3n) is 7.51. The van der Waals surface area contributed by atoms with Crippen molar-refractivity contribution in [2.75, 3.05) is 13.2 Å². The maximum Gasteiger partial charge on any atom is 0.0969 e. The van der Waals surface area contributed by atoms with Crippen LogP contribution in [-0.2, 0) is 19.1 Å². The second-order valence-corrected chi connectivity index (χ2v) is 10.9. The molecule has 210 valence electrons. The number of carboxylic acid groups (broad SMARTS) is 2. The van der Waals surface area contributed by atoms with Crippen LogP contribution in [0.4, 0.5) is 0 Å². The summed E-state index contributed by atoms with van der Waals surface area (Å²) in [6, 6.07) is 0. The Bertz CT molecular complexity index is 848. The summed E-state index contributed by atoms with van der Waals surface area (Å²) in [4.78, 5) is 19.9. The Labute approximate surface area is 256 Å². The number of allylic oxidation sites excluding steroid dienone is 8. The Balaban J connectivity index is 0.000000465. The first-order valence-electron chi connectivity index (χ1n) is 12.8. The molecule has 0 aromatic carbocycles. The van der Waals surface area contributed by atoms with Crippen LogP contribution in [-0.4, -0.2) is 37.4 Å². The summed E-state index contributed by atoms with van der Waals surface area (Å²) in [6.07, 6.45) is 8.53. The number of rotatable bonds is 2. The van der Waals surface area contributed by atoms with E-state index in [1.54, 1.807) is 0 Å². The van der Waals surface area contributed by atoms with E-state index in [0.717, 1.165) is 12.8 Å². The molecule has 2 atom stereocenters. The number of ether oxygens (including phenoxy) is 2. The molecule has 0 aromatic heterocycles. The van der Waals surface area contributed by atoms with E-state index >= 15 is 0 Å². The van der Waals surface area contributed by atoms with Gasteiger partial charge in [0.1, 0.15) is 0 Å². The van der Waals surface area contributed by atoms with Crippen molar-refractivity contribution >= 4 is 11.9 Å². The first kappa shape index (κ1) is 36.2. The zero-order valence-electron chi connectivity index (χ0n) is 24.3. The van der Waals surface area contributed by atoms with Crippen molar-refractivity contribution < 1.29 is 69.7 Å². The summed E-state index contributed by atoms with van der Waals surface area (Å²) in [5.41, 5.74) is 8.79. The van der Waals surface area contributed by atoms with Gasteiger partial charge in [-0.2, -0.15) is 22.3 Å². The van der Waals surface area contributed by atoms with Crippen LogP contribution in [0, 0.1) is 63.4 Å². The molecule has 0 saturated carbocycles. The van der Waals surface area contributed by atoms with Gasteiger partial charge in [-0.15, -0.1) is 13.8 Å². The Hall–Kier alpha value is -0.842. The Morgan fingerprint density at radius 3 is 1.08 bits per heavy atom. The molecule has 2 aliphatic heterocycles. The molecule has 0 N–H and O–H groups in total. The van der Waals surface area contributed by atoms with E-state index in [-0.39, 0.29) is 51.2 Å². The van der Waals surface area contributed by atoms with Crippen molar-refractivity contribution in [1.82, 2.24) is 0 Å². The fraction of sp³-hybridized carbons (Fsp3) is 0.667. The summed E-state index contributed by atoms with van der Waals surface area (Å²) in [5, 5.41) is 19.9. The van der Waals surface area contributed by atoms with Crippen LogP contribution >= 0.6 is 0 Å². The van der Waals surface area contributed by atoms with Crippen molar-refractivity contribution in [3.8, 4) is 0 Å². The Morgan fingerprint density at radius 1 is 0.703 bits per heavy atom. The minimum atomic E-state index is -1.08. The predicted molar refractivity (Wildman–Crippen MR) is 137 cm³/mol. The molecule has 0 radical (unpaired) electrons. The third kappa shape index (κ3) is 11.0. The molecule has 37 heavy (non-hydrogen) atoms. The van der Waals surface area contributed by atoms with Crippen molar-refractivity contribution in [3.05, 3.63) is 45.6 Å². The molecule has 7 heteroatoms. The normalized spacial score (nSPS) is 24.9. The van der Waals surface area contributed by atoms with Gasteiger partial charge in [-0.25, -0.2) is 11.1 Å². The van der Waals surface area contributed by atoms with Crippen LogP contribution in [0.1, 0.15) is 94.9 Å². The maximum atomic E-state index is 9.97. The van der Waals surface area contributed by atoms with Gasteiger partial charge in [-0.3, -0.25) is 12.2 Å². The first-order chi connectivity index (χ1) is 16.5. The van der Waals surface area contributed by atoms with Crippen LogP contribution in [0.3, 0.4) is 0 Å². The molecule has 4 aliphatic rings. The molecule has 2 heterocycles. The summed E-state index contributed by atoms with van der Waals surface area (Å²) >= 11 is 0. The Morgan fingerprint density at radius 2 is 1.00 bits per heavy atom. The molecule has 6 nitrogen and oxygen atoms in total. The zero-order chi connectivity index (χ0) is 27.8. The van der Waals surface area contributed by atoms with Gasteiger partial charge < -0.3 is 29.3 Å². The quantitative estimate of drug-likeness (QED) is 0.419. The molecule has 2 fully saturated rings. The van der Waals surface area contributed by atoms with Crippen LogP contribution in [0.15, 0.2) is 33.4 Å². The second kappa shape index (κ2) is 15.7. The number of hydrogen-bond donors (Lipinski definition) is 0. The van der Waals surface area contributed by atoms with Crippen LogP contribution in [0.2, 0.25) is 0 Å². The number of carbonyl (C=O) groups is 2. The van der Waals surface area contributed by atoms with E-state index in [9.17, 15) is 19.8 Å². The van der Waals surface area contributed by atoms with Crippen molar-refractivity contribution in [2.45, 2.75) is 107 Å². The van der Waals surface area contributed by atoms with Crippen molar-refractivity contribution in [2.24, 2.45) is 10.8 Å². The molecule has 2 unspecified atom stereocenters. The number of carbonyl (C=O) groups excluding carboxylic acids is 2. The molecule has 2 aliphatic carbocycles. The molecule has 0 aromatic rings. The molecule has 0 bridgehead atoms. The van der Waals surface area contributed by atoms with Gasteiger partial charge in [0.25, 0.3) is 0 Å². The van der Waals surface area contributed by atoms with Gasteiger partial charge in [0.05, 0.1) is 24.1 Å². The topological polar surface area (TPSA) is 98.7 Å². The number of carboxylic acids is 2. The fourth-order valence-corrected chi connectivity index (χ4v) is 4.34. The van der Waals surface area contributed by atoms with E-state index in [1.807, 2.05) is 0 Å². The molecular formula is C30H44O6Sm-4. The standard InChI is InChI=1S/2C10H15.2C5H8O3.Sm/c2*1-7-6-10(4,5)9(3)8(7)2;2*6-5(7)4-2-1-3-8-4;/h2*1-5H3;2*4H,1-3H2,(H,6,7);/q2*-1;;;/p-2. The zero-order valence-corrected chi connectivity index (χ0v) is 26.9. The molecule has 4 rings (SSSR count). The minimum Gasteiger partial charge on any atom is -0.547 e. The fourth-order valence-electron chi connectivity index (χ4n) is 4.34. The smallest absolute Gasteiger partial charge is 0.0969 e.